The molecule has 2 aromatic carbocycles. The van der Waals surface area contributed by atoms with Crippen molar-refractivity contribution in [3.63, 3.8) is 0 Å². The summed E-state index contributed by atoms with van der Waals surface area (Å²) in [4.78, 5) is 20.8. The maximum absolute atomic E-state index is 13.5. The molecule has 0 aliphatic heterocycles. The van der Waals surface area contributed by atoms with E-state index in [0.29, 0.717) is 17.1 Å². The number of alkyl halides is 3. The van der Waals surface area contributed by atoms with E-state index in [2.05, 4.69) is 20.4 Å². The number of rotatable bonds is 6. The van der Waals surface area contributed by atoms with Crippen LogP contribution in [0.15, 0.2) is 78.0 Å². The van der Waals surface area contributed by atoms with Gasteiger partial charge in [-0.1, -0.05) is 60.3 Å². The second kappa shape index (κ2) is 9.68. The number of halogens is 3. The number of hydrogen-bond donors (Lipinski definition) is 1. The van der Waals surface area contributed by atoms with E-state index in [1.165, 1.54) is 0 Å². The lowest BCUT2D eigenvalue weighted by Crippen LogP contribution is -2.24. The summed E-state index contributed by atoms with van der Waals surface area (Å²) in [6.45, 7) is 3.39. The first-order valence-corrected chi connectivity index (χ1v) is 11.2. The molecule has 1 N–H and O–H groups in total. The fraction of sp³-hybridized carbons (Fsp3) is 0.167. The van der Waals surface area contributed by atoms with Gasteiger partial charge >= 0.3 is 6.18 Å². The Hall–Kier alpha value is -3.66. The third kappa shape index (κ3) is 5.45. The van der Waals surface area contributed by atoms with E-state index in [1.807, 2.05) is 30.3 Å². The highest BCUT2D eigenvalue weighted by Crippen LogP contribution is 2.33. The van der Waals surface area contributed by atoms with Crippen molar-refractivity contribution in [1.82, 2.24) is 19.7 Å². The van der Waals surface area contributed by atoms with Crippen molar-refractivity contribution in [2.45, 2.75) is 30.4 Å². The van der Waals surface area contributed by atoms with E-state index in [1.54, 1.807) is 54.9 Å². The van der Waals surface area contributed by atoms with Crippen LogP contribution < -0.4 is 5.32 Å². The summed E-state index contributed by atoms with van der Waals surface area (Å²) >= 11 is 0.855. The lowest BCUT2D eigenvalue weighted by molar-refractivity contribution is -0.141. The number of thioether (sulfide) groups is 1. The van der Waals surface area contributed by atoms with Gasteiger partial charge in [-0.2, -0.15) is 18.3 Å². The molecule has 0 fully saturated rings. The molecule has 0 spiro atoms. The summed E-state index contributed by atoms with van der Waals surface area (Å²) in [6.07, 6.45) is -4.65. The maximum atomic E-state index is 13.5. The smallest absolute Gasteiger partial charge is 0.310 e. The summed E-state index contributed by atoms with van der Waals surface area (Å²) in [7, 11) is 0. The molecule has 0 aliphatic carbocycles. The number of carbonyl (C=O) groups excluding carboxylic acids is 1. The van der Waals surface area contributed by atoms with E-state index >= 15 is 0 Å². The minimum atomic E-state index is -4.65. The van der Waals surface area contributed by atoms with Crippen LogP contribution in [-0.2, 0) is 11.0 Å². The zero-order chi connectivity index (χ0) is 24.3. The molecule has 0 aliphatic rings. The largest absolute Gasteiger partial charge is 0.433 e. The highest BCUT2D eigenvalue weighted by atomic mass is 32.2. The van der Waals surface area contributed by atoms with E-state index in [9.17, 15) is 18.0 Å². The van der Waals surface area contributed by atoms with Crippen molar-refractivity contribution < 1.29 is 18.0 Å². The minimum absolute atomic E-state index is 0.135. The second-order valence-electron chi connectivity index (χ2n) is 7.45. The minimum Gasteiger partial charge on any atom is -0.310 e. The highest BCUT2D eigenvalue weighted by Gasteiger charge is 2.34. The SMILES string of the molecule is Cc1cc(NC(=O)[C@@H](C)Sc2nc(-c3ccccc3)cc(C(F)(F)F)n2)n(-c2ccccc2)n1. The predicted octanol–water partition coefficient (Wildman–Crippen LogP) is 5.78. The molecular weight excluding hydrogens is 463 g/mol. The van der Waals surface area contributed by atoms with Gasteiger partial charge in [0.15, 0.2) is 5.16 Å². The van der Waals surface area contributed by atoms with Crippen molar-refractivity contribution in [3.05, 3.63) is 84.2 Å². The molecule has 0 saturated carbocycles. The summed E-state index contributed by atoms with van der Waals surface area (Å²) in [5, 5.41) is 6.30. The van der Waals surface area contributed by atoms with Crippen LogP contribution in [0.25, 0.3) is 16.9 Å². The molecule has 0 saturated heterocycles. The normalized spacial score (nSPS) is 12.4. The Morgan fingerprint density at radius 3 is 2.29 bits per heavy atom. The molecule has 4 aromatic rings. The van der Waals surface area contributed by atoms with Crippen LogP contribution in [0.5, 0.6) is 0 Å². The molecule has 1 amide bonds. The Labute approximate surface area is 198 Å². The number of amides is 1. The van der Waals surface area contributed by atoms with Crippen LogP contribution in [-0.4, -0.2) is 30.9 Å². The topological polar surface area (TPSA) is 72.7 Å². The van der Waals surface area contributed by atoms with Gasteiger partial charge in [0.25, 0.3) is 0 Å². The molecule has 0 bridgehead atoms. The highest BCUT2D eigenvalue weighted by molar-refractivity contribution is 8.00. The monoisotopic (exact) mass is 483 g/mol. The van der Waals surface area contributed by atoms with Crippen molar-refractivity contribution in [2.24, 2.45) is 0 Å². The van der Waals surface area contributed by atoms with Crippen LogP contribution in [0, 0.1) is 6.92 Å². The zero-order valence-electron chi connectivity index (χ0n) is 18.2. The van der Waals surface area contributed by atoms with E-state index in [0.717, 1.165) is 23.5 Å². The van der Waals surface area contributed by atoms with Gasteiger partial charge in [-0.15, -0.1) is 0 Å². The van der Waals surface area contributed by atoms with Gasteiger partial charge in [-0.05, 0) is 32.0 Å². The van der Waals surface area contributed by atoms with Crippen LogP contribution in [0.4, 0.5) is 19.0 Å². The average molecular weight is 484 g/mol. The van der Waals surface area contributed by atoms with Gasteiger partial charge in [0, 0.05) is 11.6 Å². The third-order valence-corrected chi connectivity index (χ3v) is 5.76. The van der Waals surface area contributed by atoms with Gasteiger partial charge in [0.05, 0.1) is 22.3 Å². The van der Waals surface area contributed by atoms with Crippen molar-refractivity contribution >= 4 is 23.5 Å². The van der Waals surface area contributed by atoms with Crippen LogP contribution >= 0.6 is 11.8 Å². The fourth-order valence-corrected chi connectivity index (χ4v) is 3.96. The molecule has 10 heteroatoms. The first-order valence-electron chi connectivity index (χ1n) is 10.3. The van der Waals surface area contributed by atoms with Crippen molar-refractivity contribution in [1.29, 1.82) is 0 Å². The second-order valence-corrected chi connectivity index (χ2v) is 8.76. The number of aromatic nitrogens is 4. The fourth-order valence-electron chi connectivity index (χ4n) is 3.17. The Balaban J connectivity index is 1.57. The number of anilines is 1. The lowest BCUT2D eigenvalue weighted by atomic mass is 10.1. The van der Waals surface area contributed by atoms with Crippen LogP contribution in [0.3, 0.4) is 0 Å². The number of para-hydroxylation sites is 1. The Morgan fingerprint density at radius 1 is 1.00 bits per heavy atom. The Bertz CT molecular complexity index is 1290. The molecule has 4 rings (SSSR count). The predicted molar refractivity (Wildman–Crippen MR) is 125 cm³/mol. The number of carbonyl (C=O) groups is 1. The number of benzene rings is 2. The molecule has 1 atom stereocenters. The molecule has 6 nitrogen and oxygen atoms in total. The number of hydrogen-bond acceptors (Lipinski definition) is 5. The van der Waals surface area contributed by atoms with E-state index < -0.39 is 23.0 Å². The molecule has 0 unspecified atom stereocenters. The summed E-state index contributed by atoms with van der Waals surface area (Å²) < 4.78 is 42.0. The molecule has 0 radical (unpaired) electrons. The quantitative estimate of drug-likeness (QED) is 0.278. The molecule has 2 aromatic heterocycles. The van der Waals surface area contributed by atoms with Crippen molar-refractivity contribution in [2.75, 3.05) is 5.32 Å². The zero-order valence-corrected chi connectivity index (χ0v) is 19.1. The molecule has 34 heavy (non-hydrogen) atoms. The Kier molecular flexibility index (Phi) is 6.69. The van der Waals surface area contributed by atoms with Gasteiger partial charge in [0.2, 0.25) is 5.91 Å². The Morgan fingerprint density at radius 2 is 1.65 bits per heavy atom. The van der Waals surface area contributed by atoms with Gasteiger partial charge in [-0.3, -0.25) is 4.79 Å². The number of nitrogens with zero attached hydrogens (tertiary/aromatic N) is 4. The first-order chi connectivity index (χ1) is 16.2. The molecule has 2 heterocycles. The van der Waals surface area contributed by atoms with Crippen LogP contribution in [0.1, 0.15) is 18.3 Å². The maximum Gasteiger partial charge on any atom is 0.433 e. The van der Waals surface area contributed by atoms with Gasteiger partial charge in [0.1, 0.15) is 11.5 Å². The summed E-state index contributed by atoms with van der Waals surface area (Å²) in [6, 6.07) is 20.4. The van der Waals surface area contributed by atoms with Crippen molar-refractivity contribution in [3.8, 4) is 16.9 Å². The molecule has 174 valence electrons. The third-order valence-electron chi connectivity index (χ3n) is 4.80. The van der Waals surface area contributed by atoms with E-state index in [4.69, 9.17) is 0 Å². The average Bonchev–Trinajstić information content (AvgIpc) is 3.19. The number of nitrogens with one attached hydrogen (secondary N) is 1. The molecular formula is C24H20F3N5OS. The summed E-state index contributed by atoms with van der Waals surface area (Å²) in [5.74, 6) is 0.0421. The lowest BCUT2D eigenvalue weighted by Gasteiger charge is -2.14. The first kappa shape index (κ1) is 23.5. The van der Waals surface area contributed by atoms with Gasteiger partial charge in [-0.25, -0.2) is 14.6 Å². The number of aryl methyl sites for hydroxylation is 1. The van der Waals surface area contributed by atoms with Crippen LogP contribution in [0.2, 0.25) is 0 Å². The van der Waals surface area contributed by atoms with Gasteiger partial charge < -0.3 is 5.32 Å². The van der Waals surface area contributed by atoms with E-state index in [-0.39, 0.29) is 10.9 Å². The standard InChI is InChI=1S/C24H20F3N5OS/c1-15-13-21(32(31-15)18-11-7-4-8-12-18)30-22(33)16(2)34-23-28-19(17-9-5-3-6-10-17)14-20(29-23)24(25,26)27/h3-14,16H,1-2H3,(H,30,33)/t16-/m1/s1. The summed E-state index contributed by atoms with van der Waals surface area (Å²) in [5.41, 5.74) is 1.06.